The molecule has 0 bridgehead atoms. The van der Waals surface area contributed by atoms with Crippen molar-refractivity contribution in [1.82, 2.24) is 15.1 Å². The molecule has 7 heteroatoms. The Morgan fingerprint density at radius 3 is 2.67 bits per heavy atom. The van der Waals surface area contributed by atoms with Crippen molar-refractivity contribution in [1.29, 1.82) is 0 Å². The molecule has 2 amide bonds. The van der Waals surface area contributed by atoms with Gasteiger partial charge in [-0.3, -0.25) is 4.90 Å². The molecule has 1 N–H and O–H groups in total. The second kappa shape index (κ2) is 8.00. The number of hydrogen-bond donors (Lipinski definition) is 1. The van der Waals surface area contributed by atoms with Crippen molar-refractivity contribution in [3.05, 3.63) is 23.7 Å². The highest BCUT2D eigenvalue weighted by Crippen LogP contribution is 2.23. The van der Waals surface area contributed by atoms with E-state index in [0.29, 0.717) is 39.5 Å². The third-order valence-electron chi connectivity index (χ3n) is 4.65. The van der Waals surface area contributed by atoms with Crippen molar-refractivity contribution in [2.45, 2.75) is 25.9 Å². The van der Waals surface area contributed by atoms with Gasteiger partial charge < -0.3 is 24.1 Å². The highest BCUT2D eigenvalue weighted by atomic mass is 16.5. The summed E-state index contributed by atoms with van der Waals surface area (Å²) < 4.78 is 16.7. The lowest BCUT2D eigenvalue weighted by Gasteiger charge is -2.36. The number of amides is 2. The van der Waals surface area contributed by atoms with Crippen LogP contribution in [0.1, 0.15) is 24.5 Å². The van der Waals surface area contributed by atoms with E-state index < -0.39 is 0 Å². The van der Waals surface area contributed by atoms with E-state index in [1.54, 1.807) is 0 Å². The van der Waals surface area contributed by atoms with Crippen LogP contribution in [0, 0.1) is 6.92 Å². The van der Waals surface area contributed by atoms with Gasteiger partial charge in [-0.2, -0.15) is 0 Å². The molecule has 2 atom stereocenters. The van der Waals surface area contributed by atoms with Gasteiger partial charge in [0.25, 0.3) is 0 Å². The van der Waals surface area contributed by atoms with E-state index in [1.165, 1.54) is 0 Å². The van der Waals surface area contributed by atoms with E-state index in [4.69, 9.17) is 13.9 Å². The minimum Gasteiger partial charge on any atom is -0.465 e. The Labute approximate surface area is 142 Å². The van der Waals surface area contributed by atoms with Crippen LogP contribution in [0.3, 0.4) is 0 Å². The number of aryl methyl sites for hydroxylation is 1. The molecule has 3 rings (SSSR count). The molecule has 0 unspecified atom stereocenters. The third-order valence-corrected chi connectivity index (χ3v) is 4.65. The number of furan rings is 1. The number of nitrogens with zero attached hydrogens (tertiary/aromatic N) is 2. The molecule has 0 saturated carbocycles. The van der Waals surface area contributed by atoms with Crippen molar-refractivity contribution < 1.29 is 18.7 Å². The number of nitrogens with one attached hydrogen (secondary N) is 1. The van der Waals surface area contributed by atoms with Crippen LogP contribution in [-0.4, -0.2) is 74.5 Å². The Kier molecular flexibility index (Phi) is 5.76. The van der Waals surface area contributed by atoms with E-state index in [-0.39, 0.29) is 18.1 Å². The molecule has 0 spiro atoms. The maximum Gasteiger partial charge on any atom is 0.317 e. The second-order valence-corrected chi connectivity index (χ2v) is 6.42. The Balaban J connectivity index is 1.64. The van der Waals surface area contributed by atoms with Gasteiger partial charge in [-0.25, -0.2) is 4.79 Å². The highest BCUT2D eigenvalue weighted by molar-refractivity contribution is 5.74. The maximum absolute atomic E-state index is 12.5. The molecule has 134 valence electrons. The van der Waals surface area contributed by atoms with E-state index >= 15 is 0 Å². The molecular formula is C17H27N3O4. The van der Waals surface area contributed by atoms with Crippen molar-refractivity contribution >= 4 is 6.03 Å². The average molecular weight is 337 g/mol. The molecule has 7 nitrogen and oxygen atoms in total. The Morgan fingerprint density at radius 1 is 1.25 bits per heavy atom. The molecule has 2 aliphatic rings. The zero-order chi connectivity index (χ0) is 16.9. The van der Waals surface area contributed by atoms with Crippen LogP contribution in [0.5, 0.6) is 0 Å². The first-order valence-electron chi connectivity index (χ1n) is 8.65. The second-order valence-electron chi connectivity index (χ2n) is 6.42. The standard InChI is InChI=1S/C17H27N3O4/c1-13-12-23-10-7-20(13)17(21)18-11-15(16-4-3-14(2)24-16)19-5-8-22-9-6-19/h3-4,13,15H,5-12H2,1-2H3,(H,18,21)/t13-,15+/m0/s1. The summed E-state index contributed by atoms with van der Waals surface area (Å²) in [5, 5.41) is 3.08. The van der Waals surface area contributed by atoms with Crippen molar-refractivity contribution in [3.63, 3.8) is 0 Å². The summed E-state index contributed by atoms with van der Waals surface area (Å²) in [4.78, 5) is 16.7. The lowest BCUT2D eigenvalue weighted by molar-refractivity contribution is 0.00842. The minimum atomic E-state index is -0.0349. The van der Waals surface area contributed by atoms with Crippen LogP contribution >= 0.6 is 0 Å². The molecule has 1 aromatic rings. The van der Waals surface area contributed by atoms with Crippen molar-refractivity contribution in [3.8, 4) is 0 Å². The number of hydrogen-bond acceptors (Lipinski definition) is 5. The summed E-state index contributed by atoms with van der Waals surface area (Å²) >= 11 is 0. The Morgan fingerprint density at radius 2 is 2.00 bits per heavy atom. The first-order valence-corrected chi connectivity index (χ1v) is 8.65. The van der Waals surface area contributed by atoms with Crippen molar-refractivity contribution in [2.75, 3.05) is 52.6 Å². The summed E-state index contributed by atoms with van der Waals surface area (Å²) in [6.45, 7) is 9.41. The van der Waals surface area contributed by atoms with E-state index in [2.05, 4.69) is 10.2 Å². The summed E-state index contributed by atoms with van der Waals surface area (Å²) in [5.74, 6) is 1.78. The summed E-state index contributed by atoms with van der Waals surface area (Å²) in [6.07, 6.45) is 0. The molecule has 2 saturated heterocycles. The normalized spacial score (nSPS) is 23.9. The molecule has 0 radical (unpaired) electrons. The van der Waals surface area contributed by atoms with Gasteiger partial charge in [0.15, 0.2) is 0 Å². The minimum absolute atomic E-state index is 0.0305. The monoisotopic (exact) mass is 337 g/mol. The van der Waals surface area contributed by atoms with E-state index in [0.717, 1.165) is 24.6 Å². The number of ether oxygens (including phenoxy) is 2. The van der Waals surface area contributed by atoms with Crippen LogP contribution < -0.4 is 5.32 Å². The molecule has 24 heavy (non-hydrogen) atoms. The van der Waals surface area contributed by atoms with Gasteiger partial charge in [-0.1, -0.05) is 0 Å². The van der Waals surface area contributed by atoms with E-state index in [1.807, 2.05) is 30.9 Å². The molecule has 2 aliphatic heterocycles. The number of carbonyl (C=O) groups is 1. The first kappa shape index (κ1) is 17.3. The largest absolute Gasteiger partial charge is 0.465 e. The average Bonchev–Trinajstić information content (AvgIpc) is 3.02. The SMILES string of the molecule is Cc1ccc([C@@H](CNC(=O)N2CCOC[C@@H]2C)N2CCOCC2)o1. The Hall–Kier alpha value is -1.57. The van der Waals surface area contributed by atoms with Gasteiger partial charge in [0.2, 0.25) is 0 Å². The zero-order valence-electron chi connectivity index (χ0n) is 14.5. The van der Waals surface area contributed by atoms with Crippen LogP contribution in [0.2, 0.25) is 0 Å². The number of rotatable bonds is 4. The molecular weight excluding hydrogens is 310 g/mol. The fourth-order valence-electron chi connectivity index (χ4n) is 3.25. The lowest BCUT2D eigenvalue weighted by Crippen LogP contribution is -2.53. The summed E-state index contributed by atoms with van der Waals surface area (Å²) in [7, 11) is 0. The predicted molar refractivity (Wildman–Crippen MR) is 89.0 cm³/mol. The highest BCUT2D eigenvalue weighted by Gasteiger charge is 2.28. The number of morpholine rings is 2. The number of urea groups is 1. The van der Waals surface area contributed by atoms with Crippen LogP contribution in [-0.2, 0) is 9.47 Å². The smallest absolute Gasteiger partial charge is 0.317 e. The number of carbonyl (C=O) groups excluding carboxylic acids is 1. The van der Waals surface area contributed by atoms with Crippen LogP contribution in [0.4, 0.5) is 4.79 Å². The van der Waals surface area contributed by atoms with Gasteiger partial charge in [0.1, 0.15) is 11.5 Å². The maximum atomic E-state index is 12.5. The van der Waals surface area contributed by atoms with Crippen LogP contribution in [0.25, 0.3) is 0 Å². The van der Waals surface area contributed by atoms with Gasteiger partial charge in [0.05, 0.1) is 38.5 Å². The van der Waals surface area contributed by atoms with Crippen molar-refractivity contribution in [2.24, 2.45) is 0 Å². The van der Waals surface area contributed by atoms with Gasteiger partial charge in [-0.05, 0) is 26.0 Å². The van der Waals surface area contributed by atoms with Gasteiger partial charge in [-0.15, -0.1) is 0 Å². The third kappa shape index (κ3) is 4.09. The first-order chi connectivity index (χ1) is 11.6. The van der Waals surface area contributed by atoms with Crippen LogP contribution in [0.15, 0.2) is 16.5 Å². The van der Waals surface area contributed by atoms with Gasteiger partial charge in [0, 0.05) is 26.2 Å². The fourth-order valence-corrected chi connectivity index (χ4v) is 3.25. The summed E-state index contributed by atoms with van der Waals surface area (Å²) in [5.41, 5.74) is 0. The molecule has 1 aromatic heterocycles. The quantitative estimate of drug-likeness (QED) is 0.899. The molecule has 2 fully saturated rings. The fraction of sp³-hybridized carbons (Fsp3) is 0.706. The molecule has 0 aromatic carbocycles. The van der Waals surface area contributed by atoms with E-state index in [9.17, 15) is 4.79 Å². The zero-order valence-corrected chi connectivity index (χ0v) is 14.5. The van der Waals surface area contributed by atoms with Gasteiger partial charge >= 0.3 is 6.03 Å². The summed E-state index contributed by atoms with van der Waals surface area (Å²) in [6, 6.07) is 4.06. The molecule has 3 heterocycles. The predicted octanol–water partition coefficient (Wildman–Crippen LogP) is 1.39. The Bertz CT molecular complexity index is 542. The topological polar surface area (TPSA) is 67.2 Å². The molecule has 0 aliphatic carbocycles. The lowest BCUT2D eigenvalue weighted by atomic mass is 10.1.